The van der Waals surface area contributed by atoms with Crippen LogP contribution in [-0.4, -0.2) is 4.57 Å². The number of nitrogens with zero attached hydrogens (tertiary/aromatic N) is 1. The quantitative estimate of drug-likeness (QED) is 0.215. The highest BCUT2D eigenvalue weighted by Gasteiger charge is 2.13. The summed E-state index contributed by atoms with van der Waals surface area (Å²) in [7, 11) is 0. The minimum absolute atomic E-state index is 1.18. The van der Waals surface area contributed by atoms with Crippen molar-refractivity contribution in [3.63, 3.8) is 0 Å². The Bertz CT molecular complexity index is 2150. The fraction of sp³-hybridized carbons (Fsp3) is 0. The number of para-hydroxylation sites is 2. The Morgan fingerprint density at radius 3 is 1.59 bits per heavy atom. The number of aromatic nitrogens is 1. The van der Waals surface area contributed by atoms with E-state index in [0.29, 0.717) is 0 Å². The van der Waals surface area contributed by atoms with Gasteiger partial charge in [0.1, 0.15) is 0 Å². The molecule has 0 amide bonds. The van der Waals surface area contributed by atoms with Gasteiger partial charge in [0.05, 0.1) is 11.0 Å². The predicted molar refractivity (Wildman–Crippen MR) is 167 cm³/mol. The van der Waals surface area contributed by atoms with Crippen LogP contribution in [0.1, 0.15) is 0 Å². The first-order chi connectivity index (χ1) is 19.3. The zero-order chi connectivity index (χ0) is 25.8. The van der Waals surface area contributed by atoms with Gasteiger partial charge in [-0.2, -0.15) is 0 Å². The second kappa shape index (κ2) is 8.72. The van der Waals surface area contributed by atoms with Crippen LogP contribution in [0.15, 0.2) is 152 Å². The van der Waals surface area contributed by atoms with E-state index >= 15 is 0 Å². The second-order valence-corrected chi connectivity index (χ2v) is 10.2. The van der Waals surface area contributed by atoms with Gasteiger partial charge in [-0.25, -0.2) is 0 Å². The Morgan fingerprint density at radius 2 is 0.821 bits per heavy atom. The number of hydrogen-bond donors (Lipinski definition) is 0. The van der Waals surface area contributed by atoms with Crippen molar-refractivity contribution >= 4 is 43.4 Å². The van der Waals surface area contributed by atoms with Crippen LogP contribution in [-0.2, 0) is 0 Å². The molecule has 1 heteroatoms. The number of rotatable bonds is 3. The molecular weight excluding hydrogens is 470 g/mol. The fourth-order valence-corrected chi connectivity index (χ4v) is 6.04. The highest BCUT2D eigenvalue weighted by atomic mass is 15.0. The van der Waals surface area contributed by atoms with E-state index in [4.69, 9.17) is 0 Å². The Labute approximate surface area is 227 Å². The highest BCUT2D eigenvalue weighted by molar-refractivity contribution is 6.11. The molecule has 8 aromatic rings. The van der Waals surface area contributed by atoms with Crippen molar-refractivity contribution < 1.29 is 0 Å². The van der Waals surface area contributed by atoms with Crippen molar-refractivity contribution in [2.75, 3.05) is 0 Å². The molecule has 1 nitrogen and oxygen atoms in total. The topological polar surface area (TPSA) is 4.93 Å². The van der Waals surface area contributed by atoms with Crippen LogP contribution in [0, 0.1) is 0 Å². The summed E-state index contributed by atoms with van der Waals surface area (Å²) in [6, 6.07) is 55.0. The van der Waals surface area contributed by atoms with E-state index in [0.717, 1.165) is 0 Å². The van der Waals surface area contributed by atoms with Crippen molar-refractivity contribution in [2.45, 2.75) is 0 Å². The Hall–Kier alpha value is -5.14. The van der Waals surface area contributed by atoms with Crippen LogP contribution in [0.3, 0.4) is 0 Å². The second-order valence-electron chi connectivity index (χ2n) is 10.2. The van der Waals surface area contributed by atoms with Crippen molar-refractivity contribution in [1.29, 1.82) is 0 Å². The Kier molecular flexibility index (Phi) is 4.89. The van der Waals surface area contributed by atoms with Crippen LogP contribution >= 0.6 is 0 Å². The molecule has 0 N–H and O–H groups in total. The summed E-state index contributed by atoms with van der Waals surface area (Å²) in [5, 5.41) is 7.71. The lowest BCUT2D eigenvalue weighted by molar-refractivity contribution is 1.18. The van der Waals surface area contributed by atoms with Crippen LogP contribution in [0.5, 0.6) is 0 Å². The first-order valence-electron chi connectivity index (χ1n) is 13.4. The van der Waals surface area contributed by atoms with E-state index < -0.39 is 0 Å². The summed E-state index contributed by atoms with van der Waals surface area (Å²) in [4.78, 5) is 0. The third-order valence-corrected chi connectivity index (χ3v) is 7.99. The summed E-state index contributed by atoms with van der Waals surface area (Å²) in [6.45, 7) is 0. The van der Waals surface area contributed by atoms with Crippen molar-refractivity contribution in [3.05, 3.63) is 152 Å². The standard InChI is InChI=1S/C38H25N/c1-2-9-32(10-3-1)39-37-13-7-6-12-34(37)36-25-31(22-23-38(36)39)27-16-14-26(15-17-27)30-21-20-29-19-18-28-8-4-5-11-33(28)35(29)24-30/h1-25H. The lowest BCUT2D eigenvalue weighted by Gasteiger charge is -2.09. The van der Waals surface area contributed by atoms with E-state index in [9.17, 15) is 0 Å². The monoisotopic (exact) mass is 495 g/mol. The van der Waals surface area contributed by atoms with Gasteiger partial charge in [-0.1, -0.05) is 115 Å². The van der Waals surface area contributed by atoms with E-state index in [1.54, 1.807) is 0 Å². The smallest absolute Gasteiger partial charge is 0.0541 e. The van der Waals surface area contributed by atoms with Gasteiger partial charge < -0.3 is 4.57 Å². The van der Waals surface area contributed by atoms with Crippen LogP contribution in [0.2, 0.25) is 0 Å². The van der Waals surface area contributed by atoms with Gasteiger partial charge in [0.15, 0.2) is 0 Å². The zero-order valence-corrected chi connectivity index (χ0v) is 21.4. The van der Waals surface area contributed by atoms with Gasteiger partial charge >= 0.3 is 0 Å². The molecule has 7 aromatic carbocycles. The van der Waals surface area contributed by atoms with E-state index in [-0.39, 0.29) is 0 Å². The van der Waals surface area contributed by atoms with Crippen LogP contribution < -0.4 is 0 Å². The molecule has 0 bridgehead atoms. The lowest BCUT2D eigenvalue weighted by atomic mass is 9.95. The molecule has 0 saturated carbocycles. The van der Waals surface area contributed by atoms with Gasteiger partial charge in [-0.05, 0) is 80.2 Å². The molecule has 0 fully saturated rings. The maximum absolute atomic E-state index is 2.36. The maximum Gasteiger partial charge on any atom is 0.0541 e. The van der Waals surface area contributed by atoms with Gasteiger partial charge in [0, 0.05) is 16.5 Å². The highest BCUT2D eigenvalue weighted by Crippen LogP contribution is 2.36. The average Bonchev–Trinajstić information content (AvgIpc) is 3.35. The van der Waals surface area contributed by atoms with Crippen molar-refractivity contribution in [3.8, 4) is 27.9 Å². The fourth-order valence-electron chi connectivity index (χ4n) is 6.04. The molecule has 39 heavy (non-hydrogen) atoms. The third kappa shape index (κ3) is 3.55. The molecule has 1 aromatic heterocycles. The molecular formula is C38H25N. The minimum atomic E-state index is 1.18. The zero-order valence-electron chi connectivity index (χ0n) is 21.4. The molecule has 0 radical (unpaired) electrons. The van der Waals surface area contributed by atoms with Gasteiger partial charge in [-0.3, -0.25) is 0 Å². The SMILES string of the molecule is c1ccc(-n2c3ccccc3c3cc(-c4ccc(-c5ccc6ccc7ccccc7c6c5)cc4)ccc32)cc1. The van der Waals surface area contributed by atoms with E-state index in [1.165, 1.54) is 71.3 Å². The van der Waals surface area contributed by atoms with Crippen molar-refractivity contribution in [2.24, 2.45) is 0 Å². The average molecular weight is 496 g/mol. The number of fused-ring (bicyclic) bond motifs is 6. The summed E-state index contributed by atoms with van der Waals surface area (Å²) < 4.78 is 2.36. The molecule has 0 saturated heterocycles. The summed E-state index contributed by atoms with van der Waals surface area (Å²) in [5.74, 6) is 0. The van der Waals surface area contributed by atoms with E-state index in [1.807, 2.05) is 0 Å². The normalized spacial score (nSPS) is 11.6. The summed E-state index contributed by atoms with van der Waals surface area (Å²) >= 11 is 0. The molecule has 0 atom stereocenters. The Morgan fingerprint density at radius 1 is 0.308 bits per heavy atom. The maximum atomic E-state index is 2.36. The van der Waals surface area contributed by atoms with Crippen LogP contribution in [0.4, 0.5) is 0 Å². The molecule has 0 unspecified atom stereocenters. The molecule has 8 rings (SSSR count). The number of hydrogen-bond acceptors (Lipinski definition) is 0. The lowest BCUT2D eigenvalue weighted by Crippen LogP contribution is -1.92. The summed E-state index contributed by atoms with van der Waals surface area (Å²) in [5.41, 5.74) is 8.57. The predicted octanol–water partition coefficient (Wildman–Crippen LogP) is 10.4. The third-order valence-electron chi connectivity index (χ3n) is 7.99. The molecule has 182 valence electrons. The van der Waals surface area contributed by atoms with Crippen molar-refractivity contribution in [1.82, 2.24) is 4.57 Å². The molecule has 0 aliphatic carbocycles. The number of benzene rings is 7. The molecule has 0 aliphatic rings. The first kappa shape index (κ1) is 21.9. The largest absolute Gasteiger partial charge is 0.309 e. The molecule has 0 aliphatic heterocycles. The Balaban J connectivity index is 1.22. The molecule has 0 spiro atoms. The molecule has 1 heterocycles. The van der Waals surface area contributed by atoms with E-state index in [2.05, 4.69) is 156 Å². The van der Waals surface area contributed by atoms with Crippen LogP contribution in [0.25, 0.3) is 71.3 Å². The first-order valence-corrected chi connectivity index (χ1v) is 13.4. The van der Waals surface area contributed by atoms with Gasteiger partial charge in [0.2, 0.25) is 0 Å². The van der Waals surface area contributed by atoms with Gasteiger partial charge in [0.25, 0.3) is 0 Å². The summed E-state index contributed by atoms with van der Waals surface area (Å²) in [6.07, 6.45) is 0. The van der Waals surface area contributed by atoms with Gasteiger partial charge in [-0.15, -0.1) is 0 Å². The minimum Gasteiger partial charge on any atom is -0.309 e.